The first-order valence-corrected chi connectivity index (χ1v) is 7.35. The van der Waals surface area contributed by atoms with Gasteiger partial charge in [-0.25, -0.2) is 4.39 Å². The number of hydrogen-bond donors (Lipinski definition) is 1. The van der Waals surface area contributed by atoms with Crippen LogP contribution in [0.2, 0.25) is 0 Å². The van der Waals surface area contributed by atoms with E-state index >= 15 is 0 Å². The average Bonchev–Trinajstić information content (AvgIpc) is 2.48. The van der Waals surface area contributed by atoms with Gasteiger partial charge >= 0.3 is 0 Å². The SMILES string of the molecule is CCN(CC(N)c1cc(C)ccc1C)c1ccccc1F. The lowest BCUT2D eigenvalue weighted by Gasteiger charge is -2.28. The molecule has 2 aromatic rings. The Balaban J connectivity index is 2.22. The first-order chi connectivity index (χ1) is 10.0. The Morgan fingerprint density at radius 3 is 2.52 bits per heavy atom. The summed E-state index contributed by atoms with van der Waals surface area (Å²) >= 11 is 0. The number of benzene rings is 2. The molecule has 0 amide bonds. The van der Waals surface area contributed by atoms with E-state index in [9.17, 15) is 4.39 Å². The van der Waals surface area contributed by atoms with Gasteiger partial charge in [0.1, 0.15) is 5.82 Å². The number of halogens is 1. The largest absolute Gasteiger partial charge is 0.368 e. The van der Waals surface area contributed by atoms with Gasteiger partial charge in [0.15, 0.2) is 0 Å². The third kappa shape index (κ3) is 3.61. The minimum atomic E-state index is -0.201. The predicted molar refractivity (Wildman–Crippen MR) is 87.1 cm³/mol. The molecule has 2 N–H and O–H groups in total. The van der Waals surface area contributed by atoms with Gasteiger partial charge in [0.2, 0.25) is 0 Å². The fraction of sp³-hybridized carbons (Fsp3) is 0.333. The summed E-state index contributed by atoms with van der Waals surface area (Å²) < 4.78 is 13.9. The van der Waals surface area contributed by atoms with Gasteiger partial charge < -0.3 is 10.6 Å². The average molecular weight is 286 g/mol. The quantitative estimate of drug-likeness (QED) is 0.901. The van der Waals surface area contributed by atoms with Crippen molar-refractivity contribution in [2.24, 2.45) is 5.73 Å². The number of anilines is 1. The molecule has 0 spiro atoms. The van der Waals surface area contributed by atoms with Crippen LogP contribution in [-0.4, -0.2) is 13.1 Å². The zero-order valence-corrected chi connectivity index (χ0v) is 12.9. The van der Waals surface area contributed by atoms with E-state index in [2.05, 4.69) is 32.0 Å². The molecule has 0 saturated heterocycles. The lowest BCUT2D eigenvalue weighted by molar-refractivity contribution is 0.605. The molecule has 112 valence electrons. The molecule has 1 unspecified atom stereocenters. The summed E-state index contributed by atoms with van der Waals surface area (Å²) in [6.07, 6.45) is 0. The van der Waals surface area contributed by atoms with Gasteiger partial charge in [0.25, 0.3) is 0 Å². The molecule has 0 aromatic heterocycles. The van der Waals surface area contributed by atoms with Crippen LogP contribution in [0.25, 0.3) is 0 Å². The van der Waals surface area contributed by atoms with Crippen molar-refractivity contribution in [3.8, 4) is 0 Å². The number of nitrogens with two attached hydrogens (primary N) is 1. The number of nitrogens with zero attached hydrogens (tertiary/aromatic N) is 1. The minimum absolute atomic E-state index is 0.135. The van der Waals surface area contributed by atoms with Crippen molar-refractivity contribution in [1.29, 1.82) is 0 Å². The highest BCUT2D eigenvalue weighted by atomic mass is 19.1. The highest BCUT2D eigenvalue weighted by Gasteiger charge is 2.16. The van der Waals surface area contributed by atoms with Crippen LogP contribution in [0.15, 0.2) is 42.5 Å². The summed E-state index contributed by atoms with van der Waals surface area (Å²) in [4.78, 5) is 1.99. The molecule has 21 heavy (non-hydrogen) atoms. The fourth-order valence-corrected chi connectivity index (χ4v) is 2.60. The molecule has 0 saturated carbocycles. The Bertz CT molecular complexity index is 610. The molecule has 0 heterocycles. The minimum Gasteiger partial charge on any atom is -0.368 e. The summed E-state index contributed by atoms with van der Waals surface area (Å²) in [5, 5.41) is 0. The normalized spacial score (nSPS) is 12.2. The fourth-order valence-electron chi connectivity index (χ4n) is 2.60. The molecule has 0 aliphatic carbocycles. The van der Waals surface area contributed by atoms with Gasteiger partial charge in [-0.05, 0) is 44.0 Å². The highest BCUT2D eigenvalue weighted by molar-refractivity contribution is 5.48. The topological polar surface area (TPSA) is 29.3 Å². The van der Waals surface area contributed by atoms with E-state index in [1.54, 1.807) is 12.1 Å². The molecule has 2 rings (SSSR count). The number of rotatable bonds is 5. The summed E-state index contributed by atoms with van der Waals surface area (Å²) in [5.41, 5.74) is 10.5. The van der Waals surface area contributed by atoms with Gasteiger partial charge in [-0.15, -0.1) is 0 Å². The second kappa shape index (κ2) is 6.72. The van der Waals surface area contributed by atoms with Crippen LogP contribution < -0.4 is 10.6 Å². The molecule has 0 fully saturated rings. The lowest BCUT2D eigenvalue weighted by atomic mass is 9.99. The summed E-state index contributed by atoms with van der Waals surface area (Å²) in [6.45, 7) is 7.46. The van der Waals surface area contributed by atoms with Crippen LogP contribution in [-0.2, 0) is 0 Å². The maximum Gasteiger partial charge on any atom is 0.146 e. The number of aryl methyl sites for hydroxylation is 2. The van der Waals surface area contributed by atoms with Crippen LogP contribution in [0.3, 0.4) is 0 Å². The van der Waals surface area contributed by atoms with Crippen LogP contribution in [0.1, 0.15) is 29.7 Å². The number of likely N-dealkylation sites (N-methyl/N-ethyl adjacent to an activating group) is 1. The van der Waals surface area contributed by atoms with Crippen LogP contribution in [0, 0.1) is 19.7 Å². The van der Waals surface area contributed by atoms with E-state index in [-0.39, 0.29) is 11.9 Å². The number of hydrogen-bond acceptors (Lipinski definition) is 2. The second-order valence-corrected chi connectivity index (χ2v) is 5.46. The Labute approximate surface area is 126 Å². The summed E-state index contributed by atoms with van der Waals surface area (Å²) in [7, 11) is 0. The van der Waals surface area contributed by atoms with Crippen molar-refractivity contribution in [2.45, 2.75) is 26.8 Å². The molecule has 1 atom stereocenters. The van der Waals surface area contributed by atoms with Crippen molar-refractivity contribution >= 4 is 5.69 Å². The Morgan fingerprint density at radius 2 is 1.86 bits per heavy atom. The van der Waals surface area contributed by atoms with Crippen LogP contribution >= 0.6 is 0 Å². The van der Waals surface area contributed by atoms with Gasteiger partial charge in [0, 0.05) is 19.1 Å². The van der Waals surface area contributed by atoms with E-state index in [4.69, 9.17) is 5.73 Å². The first-order valence-electron chi connectivity index (χ1n) is 7.35. The van der Waals surface area contributed by atoms with E-state index in [0.29, 0.717) is 12.2 Å². The molecule has 2 nitrogen and oxygen atoms in total. The van der Waals surface area contributed by atoms with Crippen molar-refractivity contribution in [3.05, 3.63) is 65.0 Å². The van der Waals surface area contributed by atoms with E-state index < -0.39 is 0 Å². The maximum atomic E-state index is 13.9. The molecule has 0 aliphatic heterocycles. The standard InChI is InChI=1S/C18H23FN2/c1-4-21(18-8-6-5-7-16(18)19)12-17(20)15-11-13(2)9-10-14(15)3/h5-11,17H,4,12,20H2,1-3H3. The summed E-state index contributed by atoms with van der Waals surface area (Å²) in [5.74, 6) is -0.201. The van der Waals surface area contributed by atoms with E-state index in [1.165, 1.54) is 17.2 Å². The third-order valence-electron chi connectivity index (χ3n) is 3.83. The first kappa shape index (κ1) is 15.5. The van der Waals surface area contributed by atoms with Crippen molar-refractivity contribution < 1.29 is 4.39 Å². The molecule has 0 radical (unpaired) electrons. The van der Waals surface area contributed by atoms with Crippen molar-refractivity contribution in [3.63, 3.8) is 0 Å². The number of para-hydroxylation sites is 1. The van der Waals surface area contributed by atoms with Gasteiger partial charge in [-0.1, -0.05) is 35.9 Å². The monoisotopic (exact) mass is 286 g/mol. The van der Waals surface area contributed by atoms with Crippen LogP contribution in [0.5, 0.6) is 0 Å². The smallest absolute Gasteiger partial charge is 0.146 e. The maximum absolute atomic E-state index is 13.9. The van der Waals surface area contributed by atoms with E-state index in [0.717, 1.165) is 12.1 Å². The lowest BCUT2D eigenvalue weighted by Crippen LogP contribution is -2.33. The van der Waals surface area contributed by atoms with Gasteiger partial charge in [-0.3, -0.25) is 0 Å². The van der Waals surface area contributed by atoms with Gasteiger partial charge in [0.05, 0.1) is 5.69 Å². The zero-order valence-electron chi connectivity index (χ0n) is 12.9. The molecule has 0 bridgehead atoms. The molecular formula is C18H23FN2. The highest BCUT2D eigenvalue weighted by Crippen LogP contribution is 2.23. The molecule has 0 aliphatic rings. The summed E-state index contributed by atoms with van der Waals surface area (Å²) in [6, 6.07) is 13.0. The predicted octanol–water partition coefficient (Wildman–Crippen LogP) is 3.97. The van der Waals surface area contributed by atoms with E-state index in [1.807, 2.05) is 17.9 Å². The Hall–Kier alpha value is -1.87. The Morgan fingerprint density at radius 1 is 1.14 bits per heavy atom. The van der Waals surface area contributed by atoms with Crippen molar-refractivity contribution in [2.75, 3.05) is 18.0 Å². The van der Waals surface area contributed by atoms with Crippen molar-refractivity contribution in [1.82, 2.24) is 0 Å². The molecule has 3 heteroatoms. The Kier molecular flexibility index (Phi) is 4.97. The molecular weight excluding hydrogens is 263 g/mol. The van der Waals surface area contributed by atoms with Crippen LogP contribution in [0.4, 0.5) is 10.1 Å². The third-order valence-corrected chi connectivity index (χ3v) is 3.83. The van der Waals surface area contributed by atoms with Gasteiger partial charge in [-0.2, -0.15) is 0 Å². The molecule has 2 aromatic carbocycles. The zero-order chi connectivity index (χ0) is 15.4. The second-order valence-electron chi connectivity index (χ2n) is 5.46.